The molecule has 2 aromatic rings. The predicted molar refractivity (Wildman–Crippen MR) is 150 cm³/mol. The van der Waals surface area contributed by atoms with E-state index in [4.69, 9.17) is 9.47 Å². The molecule has 2 aliphatic heterocycles. The molecule has 4 rings (SSSR count). The first-order valence-electron chi connectivity index (χ1n) is 13.4. The smallest absolute Gasteiger partial charge is 0.376 e. The zero-order chi connectivity index (χ0) is 29.7. The van der Waals surface area contributed by atoms with Crippen molar-refractivity contribution in [1.29, 1.82) is 5.26 Å². The Hall–Kier alpha value is -3.53. The van der Waals surface area contributed by atoms with Gasteiger partial charge in [-0.15, -0.1) is 0 Å². The van der Waals surface area contributed by atoms with E-state index in [1.54, 1.807) is 36.5 Å². The number of amides is 1. The van der Waals surface area contributed by atoms with E-state index in [0.717, 1.165) is 0 Å². The third-order valence-electron chi connectivity index (χ3n) is 7.05. The summed E-state index contributed by atoms with van der Waals surface area (Å²) in [6.45, 7) is 7.87. The maximum Gasteiger partial charge on any atom is 0.440 e. The molecule has 0 saturated carbocycles. The van der Waals surface area contributed by atoms with E-state index in [2.05, 4.69) is 26.5 Å². The number of aromatic nitrogens is 3. The van der Waals surface area contributed by atoms with Gasteiger partial charge in [-0.3, -0.25) is 4.79 Å². The van der Waals surface area contributed by atoms with Crippen molar-refractivity contribution in [2.75, 3.05) is 7.11 Å². The number of aliphatic hydroxyl groups is 1. The molecular formula is C27H36N8O5P+. The number of aliphatic hydroxyl groups excluding tert-OH is 1. The molecule has 41 heavy (non-hydrogen) atoms. The Labute approximate surface area is 240 Å². The number of hydrogen-bond donors (Lipinski definition) is 2. The maximum atomic E-state index is 14.1. The Bertz CT molecular complexity index is 1290. The molecule has 14 heteroatoms. The third-order valence-corrected chi connectivity index (χ3v) is 9.52. The van der Waals surface area contributed by atoms with Gasteiger partial charge in [0.1, 0.15) is 24.6 Å². The lowest BCUT2D eigenvalue weighted by atomic mass is 9.95. The maximum absolute atomic E-state index is 14.1. The van der Waals surface area contributed by atoms with Crippen LogP contribution in [0, 0.1) is 17.2 Å². The van der Waals surface area contributed by atoms with Gasteiger partial charge in [-0.1, -0.05) is 22.9 Å². The molecule has 1 amide bonds. The summed E-state index contributed by atoms with van der Waals surface area (Å²) in [4.78, 5) is 22.3. The number of nitrogens with zero attached hydrogens (tertiary/aromatic N) is 7. The normalized spacial score (nSPS) is 25.4. The molecule has 1 fully saturated rings. The molecule has 3 heterocycles. The zero-order valence-electron chi connectivity index (χ0n) is 23.7. The van der Waals surface area contributed by atoms with Crippen LogP contribution in [-0.2, 0) is 14.0 Å². The Kier molecular flexibility index (Phi) is 9.96. The van der Waals surface area contributed by atoms with Crippen molar-refractivity contribution in [1.82, 2.24) is 29.7 Å². The summed E-state index contributed by atoms with van der Waals surface area (Å²) in [6.07, 6.45) is 2.11. The van der Waals surface area contributed by atoms with Crippen molar-refractivity contribution in [3.05, 3.63) is 60.8 Å². The highest BCUT2D eigenvalue weighted by Crippen LogP contribution is 2.51. The summed E-state index contributed by atoms with van der Waals surface area (Å²) in [6, 6.07) is 10.8. The monoisotopic (exact) mass is 583 g/mol. The summed E-state index contributed by atoms with van der Waals surface area (Å²) < 4.78 is 29.9. The third kappa shape index (κ3) is 6.53. The van der Waals surface area contributed by atoms with Gasteiger partial charge in [0.25, 0.3) is 5.91 Å². The molecule has 13 nitrogen and oxygen atoms in total. The van der Waals surface area contributed by atoms with Crippen LogP contribution in [0.4, 0.5) is 0 Å². The number of ether oxygens (including phenoxy) is 2. The number of carbonyl (C=O) groups excluding carboxylic acids is 1. The van der Waals surface area contributed by atoms with Crippen LogP contribution in [0.25, 0.3) is 0 Å². The number of nitriles is 1. The Morgan fingerprint density at radius 1 is 1.24 bits per heavy atom. The van der Waals surface area contributed by atoms with Gasteiger partial charge < -0.3 is 24.8 Å². The molecular weight excluding hydrogens is 547 g/mol. The largest absolute Gasteiger partial charge is 0.440 e. The quantitative estimate of drug-likeness (QED) is 0.399. The second-order valence-electron chi connectivity index (χ2n) is 10.3. The van der Waals surface area contributed by atoms with E-state index < -0.39 is 44.4 Å². The Balaban J connectivity index is 1.63. The number of amidine groups is 1. The number of nitrogens with one attached hydrogen (secondary N) is 1. The van der Waals surface area contributed by atoms with Gasteiger partial charge in [-0.2, -0.15) is 10.4 Å². The number of carbonyl (C=O) groups is 1. The van der Waals surface area contributed by atoms with Crippen LogP contribution >= 0.6 is 7.95 Å². The average Bonchev–Trinajstić information content (AvgIpc) is 3.60. The van der Waals surface area contributed by atoms with Crippen molar-refractivity contribution in [3.8, 4) is 6.07 Å². The van der Waals surface area contributed by atoms with Crippen LogP contribution in [0.2, 0.25) is 0 Å². The number of rotatable bonds is 10. The fourth-order valence-electron chi connectivity index (χ4n) is 5.39. The second-order valence-corrected chi connectivity index (χ2v) is 12.0. The molecule has 0 bridgehead atoms. The van der Waals surface area contributed by atoms with E-state index in [9.17, 15) is 19.7 Å². The number of hydrogen-bond acceptors (Lipinski definition) is 10. The van der Waals surface area contributed by atoms with E-state index in [1.165, 1.54) is 29.3 Å². The second kappa shape index (κ2) is 13.4. The molecule has 2 N–H and O–H groups in total. The highest BCUT2D eigenvalue weighted by atomic mass is 31.1. The van der Waals surface area contributed by atoms with Crippen LogP contribution in [0.3, 0.4) is 0 Å². The topological polar surface area (TPSA) is 158 Å². The lowest BCUT2D eigenvalue weighted by Gasteiger charge is -2.35. The number of methoxy groups -OCH3 is 1. The minimum Gasteiger partial charge on any atom is -0.376 e. The van der Waals surface area contributed by atoms with Crippen molar-refractivity contribution < 1.29 is 23.9 Å². The summed E-state index contributed by atoms with van der Waals surface area (Å²) in [5.41, 5.74) is -0.203. The van der Waals surface area contributed by atoms with Crippen LogP contribution in [0.1, 0.15) is 50.7 Å². The zero-order valence-corrected chi connectivity index (χ0v) is 24.6. The minimum absolute atomic E-state index is 0.0108. The first-order chi connectivity index (χ1) is 19.7. The molecule has 218 valence electrons. The minimum atomic E-state index is -2.06. The van der Waals surface area contributed by atoms with E-state index in [0.29, 0.717) is 5.56 Å². The van der Waals surface area contributed by atoms with Gasteiger partial charge in [0.15, 0.2) is 18.1 Å². The molecule has 1 saturated heterocycles. The molecule has 7 atom stereocenters. The molecule has 1 aromatic carbocycles. The SMILES string of the molecule is CO[C@@H]1[C@@H]([C@@H](CC#N)[P+](=O)N(C(C)C)C(C)C)[C@H](n2cncn2)O[C@H]1N1C=CC(NC(=O)c2ccccc2)=N[C@H]1O. The van der Waals surface area contributed by atoms with Gasteiger partial charge in [0, 0.05) is 31.0 Å². The van der Waals surface area contributed by atoms with Crippen molar-refractivity contribution in [2.24, 2.45) is 10.9 Å². The highest BCUT2D eigenvalue weighted by molar-refractivity contribution is 7.43. The van der Waals surface area contributed by atoms with Gasteiger partial charge in [0.2, 0.25) is 6.35 Å². The van der Waals surface area contributed by atoms with Crippen LogP contribution in [0.15, 0.2) is 60.3 Å². The van der Waals surface area contributed by atoms with Crippen LogP contribution in [0.5, 0.6) is 0 Å². The van der Waals surface area contributed by atoms with Crippen molar-refractivity contribution >= 4 is 19.7 Å². The standard InChI is InChI=1S/C27H35N8O5P/c1-17(2)35(18(3)4)41(38)20(11-13-28)22-23(39-5)26(40-25(22)34-16-29-15-30-34)33-14-12-21(32-27(33)37)31-24(36)19-9-7-6-8-10-19/h6-10,12,14-18,20,22-23,25-27,37H,11H2,1-5H3/p+1/t20-,22-,23-,25-,26-,27-/m1/s1. The molecule has 0 aliphatic carbocycles. The first kappa shape index (κ1) is 30.4. The van der Waals surface area contributed by atoms with Gasteiger partial charge >= 0.3 is 7.95 Å². The van der Waals surface area contributed by atoms with Crippen LogP contribution < -0.4 is 5.32 Å². The number of aliphatic imine (C=N–C) groups is 1. The highest BCUT2D eigenvalue weighted by Gasteiger charge is 2.59. The first-order valence-corrected chi connectivity index (χ1v) is 14.7. The molecule has 1 unspecified atom stereocenters. The van der Waals surface area contributed by atoms with Gasteiger partial charge in [0.05, 0.1) is 18.4 Å². The molecule has 1 aromatic heterocycles. The van der Waals surface area contributed by atoms with Crippen molar-refractivity contribution in [3.63, 3.8) is 0 Å². The summed E-state index contributed by atoms with van der Waals surface area (Å²) in [5, 5.41) is 27.8. The Morgan fingerprint density at radius 3 is 2.51 bits per heavy atom. The van der Waals surface area contributed by atoms with Gasteiger partial charge in [-0.05, 0) is 50.5 Å². The van der Waals surface area contributed by atoms with Crippen molar-refractivity contribution in [2.45, 2.75) is 76.8 Å². The lowest BCUT2D eigenvalue weighted by Crippen LogP contribution is -2.49. The average molecular weight is 584 g/mol. The van der Waals surface area contributed by atoms with E-state index in [-0.39, 0.29) is 30.2 Å². The summed E-state index contributed by atoms with van der Waals surface area (Å²) in [7, 11) is -0.554. The molecule has 0 radical (unpaired) electrons. The van der Waals surface area contributed by atoms with Crippen LogP contribution in [-0.4, -0.2) is 84.7 Å². The fourth-order valence-corrected chi connectivity index (χ4v) is 7.49. The summed E-state index contributed by atoms with van der Waals surface area (Å²) in [5.74, 6) is -0.788. The number of benzene rings is 1. The Morgan fingerprint density at radius 2 is 1.95 bits per heavy atom. The predicted octanol–water partition coefficient (Wildman–Crippen LogP) is 2.84. The molecule has 0 spiro atoms. The fraction of sp³-hybridized carbons (Fsp3) is 0.519. The van der Waals surface area contributed by atoms with E-state index in [1.807, 2.05) is 38.4 Å². The van der Waals surface area contributed by atoms with Gasteiger partial charge in [-0.25, -0.2) is 14.7 Å². The molecule has 2 aliphatic rings. The lowest BCUT2D eigenvalue weighted by molar-refractivity contribution is -0.143. The summed E-state index contributed by atoms with van der Waals surface area (Å²) >= 11 is 0. The van der Waals surface area contributed by atoms with E-state index >= 15 is 0 Å².